The summed E-state index contributed by atoms with van der Waals surface area (Å²) in [6, 6.07) is 3.38. The van der Waals surface area contributed by atoms with Crippen LogP contribution in [0.4, 0.5) is 13.2 Å². The van der Waals surface area contributed by atoms with Gasteiger partial charge in [-0.05, 0) is 25.5 Å². The summed E-state index contributed by atoms with van der Waals surface area (Å²) in [5, 5.41) is 11.7. The van der Waals surface area contributed by atoms with Crippen molar-refractivity contribution in [1.29, 1.82) is 0 Å². The summed E-state index contributed by atoms with van der Waals surface area (Å²) in [5.74, 6) is -0.0689. The van der Waals surface area contributed by atoms with Gasteiger partial charge in [0.15, 0.2) is 16.9 Å². The molecule has 5 nitrogen and oxygen atoms in total. The van der Waals surface area contributed by atoms with E-state index in [9.17, 15) is 18.0 Å². The molecule has 120 valence electrons. The highest BCUT2D eigenvalue weighted by Crippen LogP contribution is 2.28. The minimum absolute atomic E-state index is 0.137. The van der Waals surface area contributed by atoms with E-state index in [4.69, 9.17) is 9.52 Å². The lowest BCUT2D eigenvalue weighted by atomic mass is 10.2. The first-order valence-electron chi connectivity index (χ1n) is 6.33. The number of rotatable bonds is 5. The van der Waals surface area contributed by atoms with Crippen LogP contribution < -0.4 is 5.32 Å². The summed E-state index contributed by atoms with van der Waals surface area (Å²) in [6.45, 7) is 1.39. The van der Waals surface area contributed by atoms with Crippen LogP contribution in [0.5, 0.6) is 0 Å². The maximum atomic E-state index is 12.1. The number of carbonyl (C=O) groups excluding carboxylic acids is 1. The average molecular weight is 334 g/mol. The van der Waals surface area contributed by atoms with Crippen LogP contribution in [0.1, 0.15) is 21.8 Å². The number of nitrogens with zero attached hydrogens (tertiary/aromatic N) is 1. The van der Waals surface area contributed by atoms with Gasteiger partial charge in [-0.15, -0.1) is 11.3 Å². The zero-order valence-electron chi connectivity index (χ0n) is 11.5. The number of hydrogen-bond acceptors (Lipinski definition) is 5. The fourth-order valence-electron chi connectivity index (χ4n) is 1.68. The number of aromatic nitrogens is 1. The standard InChI is InChI=1S/C13H13F3N2O3S/c1-7-10(18-12(22-7)8-3-2-6-21-8)11(20)17-5-4-9(19)13(14,15)16/h2-3,6,9,19H,4-5H2,1H3,(H,17,20)/t9-/m1/s1. The third kappa shape index (κ3) is 3.86. The minimum Gasteiger partial charge on any atom is -0.462 e. The highest BCUT2D eigenvalue weighted by atomic mass is 32.1. The van der Waals surface area contributed by atoms with Crippen molar-refractivity contribution in [1.82, 2.24) is 10.3 Å². The number of nitrogens with one attached hydrogen (secondary N) is 1. The van der Waals surface area contributed by atoms with Gasteiger partial charge in [0.2, 0.25) is 0 Å². The summed E-state index contributed by atoms with van der Waals surface area (Å²) >= 11 is 1.25. The molecule has 2 heterocycles. The molecule has 2 rings (SSSR count). The van der Waals surface area contributed by atoms with Gasteiger partial charge in [-0.2, -0.15) is 13.2 Å². The van der Waals surface area contributed by atoms with Gasteiger partial charge in [0.1, 0.15) is 5.69 Å². The molecule has 0 radical (unpaired) electrons. The minimum atomic E-state index is -4.69. The number of aliphatic hydroxyl groups is 1. The SMILES string of the molecule is Cc1sc(-c2ccco2)nc1C(=O)NCC[C@@H](O)C(F)(F)F. The van der Waals surface area contributed by atoms with E-state index in [0.29, 0.717) is 15.6 Å². The Morgan fingerprint density at radius 2 is 2.27 bits per heavy atom. The topological polar surface area (TPSA) is 75.4 Å². The maximum Gasteiger partial charge on any atom is 0.414 e. The number of aliphatic hydroxyl groups excluding tert-OH is 1. The van der Waals surface area contributed by atoms with E-state index in [0.717, 1.165) is 0 Å². The molecule has 0 saturated heterocycles. The monoisotopic (exact) mass is 334 g/mol. The number of aryl methyl sites for hydroxylation is 1. The first-order chi connectivity index (χ1) is 10.3. The molecule has 0 aromatic carbocycles. The van der Waals surface area contributed by atoms with E-state index in [2.05, 4.69) is 10.3 Å². The fourth-order valence-corrected chi connectivity index (χ4v) is 2.56. The lowest BCUT2D eigenvalue weighted by Gasteiger charge is -2.14. The van der Waals surface area contributed by atoms with E-state index in [1.54, 1.807) is 19.1 Å². The second-order valence-corrected chi connectivity index (χ2v) is 5.71. The lowest BCUT2D eigenvalue weighted by molar-refractivity contribution is -0.204. The molecule has 1 amide bonds. The second kappa shape index (κ2) is 6.49. The van der Waals surface area contributed by atoms with Crippen molar-refractivity contribution in [2.45, 2.75) is 25.6 Å². The number of carbonyl (C=O) groups is 1. The highest BCUT2D eigenvalue weighted by Gasteiger charge is 2.37. The summed E-state index contributed by atoms with van der Waals surface area (Å²) < 4.78 is 41.6. The molecule has 0 aliphatic rings. The molecule has 22 heavy (non-hydrogen) atoms. The Balaban J connectivity index is 1.96. The summed E-state index contributed by atoms with van der Waals surface area (Å²) in [7, 11) is 0. The number of thiazole rings is 1. The molecule has 0 fully saturated rings. The molecule has 1 atom stereocenters. The van der Waals surface area contributed by atoms with E-state index >= 15 is 0 Å². The van der Waals surface area contributed by atoms with Crippen LogP contribution in [0.25, 0.3) is 10.8 Å². The second-order valence-electron chi connectivity index (χ2n) is 4.50. The molecule has 2 aromatic heterocycles. The molecule has 9 heteroatoms. The molecule has 0 spiro atoms. The third-order valence-corrected chi connectivity index (χ3v) is 3.81. The van der Waals surface area contributed by atoms with Crippen molar-refractivity contribution >= 4 is 17.2 Å². The first-order valence-corrected chi connectivity index (χ1v) is 7.15. The van der Waals surface area contributed by atoms with E-state index in [1.807, 2.05) is 0 Å². The van der Waals surface area contributed by atoms with Crippen molar-refractivity contribution in [3.05, 3.63) is 29.0 Å². The zero-order valence-corrected chi connectivity index (χ0v) is 12.3. The molecule has 2 N–H and O–H groups in total. The molecule has 0 saturated carbocycles. The fraction of sp³-hybridized carbons (Fsp3) is 0.385. The molecular weight excluding hydrogens is 321 g/mol. The molecule has 0 aliphatic carbocycles. The quantitative estimate of drug-likeness (QED) is 0.882. The molecular formula is C13H13F3N2O3S. The molecule has 2 aromatic rings. The van der Waals surface area contributed by atoms with Gasteiger partial charge in [0.05, 0.1) is 6.26 Å². The van der Waals surface area contributed by atoms with Crippen molar-refractivity contribution in [3.8, 4) is 10.8 Å². The van der Waals surface area contributed by atoms with Crippen molar-refractivity contribution in [3.63, 3.8) is 0 Å². The highest BCUT2D eigenvalue weighted by molar-refractivity contribution is 7.15. The van der Waals surface area contributed by atoms with E-state index < -0.39 is 24.6 Å². The smallest absolute Gasteiger partial charge is 0.414 e. The molecule has 0 aliphatic heterocycles. The van der Waals surface area contributed by atoms with Gasteiger partial charge in [-0.1, -0.05) is 0 Å². The van der Waals surface area contributed by atoms with Gasteiger partial charge >= 0.3 is 6.18 Å². The zero-order chi connectivity index (χ0) is 16.3. The summed E-state index contributed by atoms with van der Waals surface area (Å²) in [5.41, 5.74) is 0.137. The van der Waals surface area contributed by atoms with Crippen LogP contribution >= 0.6 is 11.3 Å². The first kappa shape index (κ1) is 16.5. The largest absolute Gasteiger partial charge is 0.462 e. The normalized spacial score (nSPS) is 13.1. The van der Waals surface area contributed by atoms with Crippen LogP contribution in [0.2, 0.25) is 0 Å². The molecule has 0 bridgehead atoms. The predicted molar refractivity (Wildman–Crippen MR) is 73.6 cm³/mol. The Bertz CT molecular complexity index is 637. The molecule has 0 unspecified atom stereocenters. The number of halogens is 3. The predicted octanol–water partition coefficient (Wildman–Crippen LogP) is 2.75. The summed E-state index contributed by atoms with van der Waals surface area (Å²) in [4.78, 5) is 16.7. The van der Waals surface area contributed by atoms with E-state index in [1.165, 1.54) is 17.6 Å². The van der Waals surface area contributed by atoms with Gasteiger partial charge in [0, 0.05) is 11.4 Å². The van der Waals surface area contributed by atoms with Crippen molar-refractivity contribution in [2.75, 3.05) is 6.54 Å². The van der Waals surface area contributed by atoms with Crippen LogP contribution in [0.15, 0.2) is 22.8 Å². The van der Waals surface area contributed by atoms with Crippen LogP contribution in [-0.2, 0) is 0 Å². The maximum absolute atomic E-state index is 12.1. The van der Waals surface area contributed by atoms with Crippen LogP contribution in [0.3, 0.4) is 0 Å². The number of hydrogen-bond donors (Lipinski definition) is 2. The number of furan rings is 1. The number of alkyl halides is 3. The van der Waals surface area contributed by atoms with Gasteiger partial charge in [-0.3, -0.25) is 4.79 Å². The third-order valence-electron chi connectivity index (χ3n) is 2.82. The van der Waals surface area contributed by atoms with Crippen LogP contribution in [0, 0.1) is 6.92 Å². The van der Waals surface area contributed by atoms with Gasteiger partial charge in [-0.25, -0.2) is 4.98 Å². The Morgan fingerprint density at radius 1 is 1.55 bits per heavy atom. The average Bonchev–Trinajstić information content (AvgIpc) is 3.06. The Morgan fingerprint density at radius 3 is 2.86 bits per heavy atom. The van der Waals surface area contributed by atoms with Crippen molar-refractivity contribution in [2.24, 2.45) is 0 Å². The lowest BCUT2D eigenvalue weighted by Crippen LogP contribution is -2.34. The Kier molecular flexibility index (Phi) is 4.87. The van der Waals surface area contributed by atoms with Gasteiger partial charge < -0.3 is 14.8 Å². The number of amides is 1. The Hall–Kier alpha value is -1.87. The summed E-state index contributed by atoms with van der Waals surface area (Å²) in [6.07, 6.45) is -6.27. The Labute approximate surface area is 127 Å². The van der Waals surface area contributed by atoms with Crippen molar-refractivity contribution < 1.29 is 27.5 Å². The van der Waals surface area contributed by atoms with Crippen LogP contribution in [-0.4, -0.2) is 34.8 Å². The van der Waals surface area contributed by atoms with E-state index in [-0.39, 0.29) is 12.2 Å². The van der Waals surface area contributed by atoms with Gasteiger partial charge in [0.25, 0.3) is 5.91 Å².